The molecule has 0 spiro atoms. The Kier molecular flexibility index (Phi) is 5.55. The van der Waals surface area contributed by atoms with E-state index >= 15 is 0 Å². The van der Waals surface area contributed by atoms with E-state index in [1.807, 2.05) is 6.92 Å². The molecule has 1 saturated heterocycles. The average Bonchev–Trinajstić information content (AvgIpc) is 2.29. The number of imide groups is 1. The van der Waals surface area contributed by atoms with Gasteiger partial charge >= 0.3 is 6.03 Å². The number of ether oxygens (including phenoxy) is 1. The van der Waals surface area contributed by atoms with Gasteiger partial charge in [-0.25, -0.2) is 4.79 Å². The summed E-state index contributed by atoms with van der Waals surface area (Å²) in [4.78, 5) is 24.6. The number of alkyl halides is 1. The van der Waals surface area contributed by atoms with Crippen LogP contribution in [-0.2, 0) is 9.53 Å². The lowest BCUT2D eigenvalue weighted by molar-refractivity contribution is -0.120. The number of nitrogens with zero attached hydrogens (tertiary/aromatic N) is 1. The maximum absolute atomic E-state index is 11.7. The molecule has 1 rings (SSSR count). The number of amides is 3. The van der Waals surface area contributed by atoms with Gasteiger partial charge in [0.2, 0.25) is 5.91 Å². The lowest BCUT2D eigenvalue weighted by Crippen LogP contribution is -2.53. The SMILES string of the molecule is CCC1COCCN1C(=O)NC(=O)CCCl. The Morgan fingerprint density at radius 3 is 2.94 bits per heavy atom. The summed E-state index contributed by atoms with van der Waals surface area (Å²) < 4.78 is 5.28. The van der Waals surface area contributed by atoms with Crippen molar-refractivity contribution in [3.05, 3.63) is 0 Å². The second kappa shape index (κ2) is 6.70. The molecule has 1 unspecified atom stereocenters. The van der Waals surface area contributed by atoms with Crippen molar-refractivity contribution in [2.45, 2.75) is 25.8 Å². The minimum Gasteiger partial charge on any atom is -0.377 e. The van der Waals surface area contributed by atoms with Crippen LogP contribution < -0.4 is 5.32 Å². The number of halogens is 1. The van der Waals surface area contributed by atoms with Crippen LogP contribution >= 0.6 is 11.6 Å². The van der Waals surface area contributed by atoms with E-state index in [1.54, 1.807) is 4.90 Å². The van der Waals surface area contributed by atoms with Crippen LogP contribution in [0.25, 0.3) is 0 Å². The molecule has 1 N–H and O–H groups in total. The van der Waals surface area contributed by atoms with Gasteiger partial charge < -0.3 is 9.64 Å². The summed E-state index contributed by atoms with van der Waals surface area (Å²) in [6.07, 6.45) is 0.978. The van der Waals surface area contributed by atoms with Gasteiger partial charge in [0.05, 0.1) is 19.3 Å². The Hall–Kier alpha value is -0.810. The predicted octanol–water partition coefficient (Wildman–Crippen LogP) is 0.962. The van der Waals surface area contributed by atoms with Crippen LogP contribution in [0.3, 0.4) is 0 Å². The van der Waals surface area contributed by atoms with E-state index in [0.29, 0.717) is 19.8 Å². The topological polar surface area (TPSA) is 58.6 Å². The lowest BCUT2D eigenvalue weighted by atomic mass is 10.2. The number of hydrogen-bond donors (Lipinski definition) is 1. The fourth-order valence-electron chi connectivity index (χ4n) is 1.60. The number of rotatable bonds is 3. The molecule has 0 radical (unpaired) electrons. The monoisotopic (exact) mass is 248 g/mol. The van der Waals surface area contributed by atoms with Crippen LogP contribution in [-0.4, -0.2) is 48.5 Å². The van der Waals surface area contributed by atoms with Crippen LogP contribution in [0.2, 0.25) is 0 Å². The molecule has 0 aromatic rings. The second-order valence-corrected chi connectivity index (χ2v) is 4.00. The molecule has 0 saturated carbocycles. The van der Waals surface area contributed by atoms with Crippen molar-refractivity contribution in [3.8, 4) is 0 Å². The average molecular weight is 249 g/mol. The van der Waals surface area contributed by atoms with Gasteiger partial charge in [-0.05, 0) is 6.42 Å². The zero-order valence-electron chi connectivity index (χ0n) is 9.37. The van der Waals surface area contributed by atoms with Crippen molar-refractivity contribution < 1.29 is 14.3 Å². The zero-order valence-corrected chi connectivity index (χ0v) is 10.1. The molecule has 1 atom stereocenters. The summed E-state index contributed by atoms with van der Waals surface area (Å²) in [5.41, 5.74) is 0. The zero-order chi connectivity index (χ0) is 12.0. The Bertz CT molecular complexity index is 260. The molecule has 1 heterocycles. The van der Waals surface area contributed by atoms with Crippen molar-refractivity contribution in [2.75, 3.05) is 25.6 Å². The molecule has 16 heavy (non-hydrogen) atoms. The minimum absolute atomic E-state index is 0.0533. The van der Waals surface area contributed by atoms with Gasteiger partial charge in [-0.1, -0.05) is 6.92 Å². The summed E-state index contributed by atoms with van der Waals surface area (Å²) >= 11 is 5.42. The Morgan fingerprint density at radius 2 is 2.31 bits per heavy atom. The number of hydrogen-bond acceptors (Lipinski definition) is 3. The molecular formula is C10H17ClN2O3. The number of carbonyl (C=O) groups is 2. The van der Waals surface area contributed by atoms with Gasteiger partial charge in [-0.15, -0.1) is 11.6 Å². The smallest absolute Gasteiger partial charge is 0.324 e. The Morgan fingerprint density at radius 1 is 1.56 bits per heavy atom. The van der Waals surface area contributed by atoms with Gasteiger partial charge in [-0.3, -0.25) is 10.1 Å². The highest BCUT2D eigenvalue weighted by molar-refractivity contribution is 6.19. The van der Waals surface area contributed by atoms with Crippen LogP contribution in [0.5, 0.6) is 0 Å². The molecule has 6 heteroatoms. The summed E-state index contributed by atoms with van der Waals surface area (Å²) in [5.74, 6) is -0.110. The van der Waals surface area contributed by atoms with Gasteiger partial charge in [0.25, 0.3) is 0 Å². The fourth-order valence-corrected chi connectivity index (χ4v) is 1.77. The minimum atomic E-state index is -0.342. The predicted molar refractivity (Wildman–Crippen MR) is 60.5 cm³/mol. The second-order valence-electron chi connectivity index (χ2n) is 3.62. The molecule has 0 aromatic carbocycles. The van der Waals surface area contributed by atoms with Crippen molar-refractivity contribution in [2.24, 2.45) is 0 Å². The highest BCUT2D eigenvalue weighted by atomic mass is 35.5. The lowest BCUT2D eigenvalue weighted by Gasteiger charge is -2.34. The maximum Gasteiger partial charge on any atom is 0.324 e. The van der Waals surface area contributed by atoms with Crippen molar-refractivity contribution in [1.82, 2.24) is 10.2 Å². The molecule has 3 amide bonds. The molecule has 1 aliphatic heterocycles. The third kappa shape index (κ3) is 3.64. The highest BCUT2D eigenvalue weighted by Crippen LogP contribution is 2.10. The first-order valence-corrected chi connectivity index (χ1v) is 5.96. The van der Waals surface area contributed by atoms with E-state index in [0.717, 1.165) is 6.42 Å². The third-order valence-corrected chi connectivity index (χ3v) is 2.72. The van der Waals surface area contributed by atoms with E-state index in [1.165, 1.54) is 0 Å². The standard InChI is InChI=1S/C10H17ClN2O3/c1-2-8-7-16-6-5-13(8)10(15)12-9(14)3-4-11/h8H,2-7H2,1H3,(H,12,14,15). The number of urea groups is 1. The van der Waals surface area contributed by atoms with Crippen LogP contribution in [0.4, 0.5) is 4.79 Å². The quantitative estimate of drug-likeness (QED) is 0.757. The first kappa shape index (κ1) is 13.3. The summed E-state index contributed by atoms with van der Waals surface area (Å²) in [5, 5.41) is 2.32. The molecule has 1 fully saturated rings. The number of morpholine rings is 1. The molecule has 92 valence electrons. The van der Waals surface area contributed by atoms with Gasteiger partial charge in [-0.2, -0.15) is 0 Å². The van der Waals surface area contributed by atoms with Crippen molar-refractivity contribution in [3.63, 3.8) is 0 Å². The summed E-state index contributed by atoms with van der Waals surface area (Å²) in [6, 6.07) is -0.289. The molecule has 5 nitrogen and oxygen atoms in total. The third-order valence-electron chi connectivity index (χ3n) is 2.53. The van der Waals surface area contributed by atoms with Crippen LogP contribution in [0.1, 0.15) is 19.8 Å². The fraction of sp³-hybridized carbons (Fsp3) is 0.800. The maximum atomic E-state index is 11.7. The van der Waals surface area contributed by atoms with Gasteiger partial charge in [0.1, 0.15) is 0 Å². The van der Waals surface area contributed by atoms with E-state index in [4.69, 9.17) is 16.3 Å². The van der Waals surface area contributed by atoms with Crippen molar-refractivity contribution >= 4 is 23.5 Å². The van der Waals surface area contributed by atoms with Crippen molar-refractivity contribution in [1.29, 1.82) is 0 Å². The number of nitrogens with one attached hydrogen (secondary N) is 1. The van der Waals surface area contributed by atoms with Gasteiger partial charge in [0, 0.05) is 18.8 Å². The van der Waals surface area contributed by atoms with Gasteiger partial charge in [0.15, 0.2) is 0 Å². The Labute approximate surface area is 100 Å². The normalized spacial score (nSPS) is 20.6. The largest absolute Gasteiger partial charge is 0.377 e. The Balaban J connectivity index is 2.47. The number of carbonyl (C=O) groups excluding carboxylic acids is 2. The molecule has 0 aliphatic carbocycles. The van der Waals surface area contributed by atoms with E-state index < -0.39 is 0 Å². The summed E-state index contributed by atoms with van der Waals surface area (Å²) in [6.45, 7) is 3.57. The summed E-state index contributed by atoms with van der Waals surface area (Å²) in [7, 11) is 0. The van der Waals surface area contributed by atoms with E-state index in [9.17, 15) is 9.59 Å². The van der Waals surface area contributed by atoms with E-state index in [2.05, 4.69) is 5.32 Å². The molecule has 1 aliphatic rings. The van der Waals surface area contributed by atoms with Crippen LogP contribution in [0, 0.1) is 0 Å². The first-order chi connectivity index (χ1) is 7.69. The molecule has 0 bridgehead atoms. The van der Waals surface area contributed by atoms with Crippen LogP contribution in [0.15, 0.2) is 0 Å². The molecular weight excluding hydrogens is 232 g/mol. The first-order valence-electron chi connectivity index (χ1n) is 5.43. The highest BCUT2D eigenvalue weighted by Gasteiger charge is 2.26. The van der Waals surface area contributed by atoms with E-state index in [-0.39, 0.29) is 30.3 Å². The molecule has 0 aromatic heterocycles.